The average Bonchev–Trinajstić information content (AvgIpc) is 3.17. The van der Waals surface area contributed by atoms with E-state index >= 15 is 0 Å². The Morgan fingerprint density at radius 3 is 3.00 bits per heavy atom. The van der Waals surface area contributed by atoms with Gasteiger partial charge in [-0.3, -0.25) is 4.79 Å². The summed E-state index contributed by atoms with van der Waals surface area (Å²) in [7, 11) is 0. The zero-order valence-electron chi connectivity index (χ0n) is 13.9. The van der Waals surface area contributed by atoms with Gasteiger partial charge in [0, 0.05) is 36.6 Å². The smallest absolute Gasteiger partial charge is 0.307 e. The quantitative estimate of drug-likeness (QED) is 0.793. The van der Waals surface area contributed by atoms with Gasteiger partial charge in [-0.25, -0.2) is 4.98 Å². The molecule has 3 heterocycles. The van der Waals surface area contributed by atoms with Crippen LogP contribution in [0, 0.1) is 6.92 Å². The van der Waals surface area contributed by atoms with Gasteiger partial charge in [-0.05, 0) is 38.4 Å². The second-order valence-corrected chi connectivity index (χ2v) is 7.39. The molecule has 6 heteroatoms. The highest BCUT2D eigenvalue weighted by molar-refractivity contribution is 7.07. The van der Waals surface area contributed by atoms with Crippen LogP contribution in [0.1, 0.15) is 30.3 Å². The summed E-state index contributed by atoms with van der Waals surface area (Å²) in [5.41, 5.74) is 3.23. The molecule has 24 heavy (non-hydrogen) atoms. The van der Waals surface area contributed by atoms with Crippen LogP contribution in [0.3, 0.4) is 0 Å². The van der Waals surface area contributed by atoms with Crippen molar-refractivity contribution in [3.05, 3.63) is 50.8 Å². The zero-order chi connectivity index (χ0) is 16.5. The molecule has 0 bridgehead atoms. The van der Waals surface area contributed by atoms with Crippen molar-refractivity contribution in [2.75, 3.05) is 19.6 Å². The second kappa shape index (κ2) is 6.53. The third-order valence-electron chi connectivity index (χ3n) is 4.92. The summed E-state index contributed by atoms with van der Waals surface area (Å²) < 4.78 is 1.88. The molecule has 0 amide bonds. The third-order valence-corrected chi connectivity index (χ3v) is 5.80. The number of benzene rings is 1. The van der Waals surface area contributed by atoms with Crippen LogP contribution < -0.4 is 4.87 Å². The van der Waals surface area contributed by atoms with Crippen LogP contribution in [0.2, 0.25) is 0 Å². The molecule has 0 aliphatic carbocycles. The Balaban J connectivity index is 1.44. The summed E-state index contributed by atoms with van der Waals surface area (Å²) in [6, 6.07) is 8.21. The summed E-state index contributed by atoms with van der Waals surface area (Å²) in [4.78, 5) is 22.7. The van der Waals surface area contributed by atoms with E-state index in [0.717, 1.165) is 48.7 Å². The standard InChI is InChI=1S/C18H22N4OS/c1-13-12-24-18(23)22(13)10-9-21-8-4-5-14(11-21)17-19-15-6-2-3-7-16(15)20-17/h2-3,6-7,12,14H,4-5,8-11H2,1H3,(H,19,20)/t14-/m0/s1. The van der Waals surface area contributed by atoms with Gasteiger partial charge in [0.05, 0.1) is 11.0 Å². The minimum atomic E-state index is 0.151. The molecule has 1 fully saturated rings. The molecule has 1 aliphatic rings. The van der Waals surface area contributed by atoms with Crippen LogP contribution in [0.4, 0.5) is 0 Å². The number of nitrogens with one attached hydrogen (secondary N) is 1. The molecular formula is C18H22N4OS. The topological polar surface area (TPSA) is 53.9 Å². The lowest BCUT2D eigenvalue weighted by Gasteiger charge is -2.31. The molecule has 0 radical (unpaired) electrons. The van der Waals surface area contributed by atoms with E-state index in [0.29, 0.717) is 5.92 Å². The van der Waals surface area contributed by atoms with Crippen LogP contribution >= 0.6 is 11.3 Å². The summed E-state index contributed by atoms with van der Waals surface area (Å²) >= 11 is 1.29. The molecule has 0 spiro atoms. The Morgan fingerprint density at radius 1 is 1.33 bits per heavy atom. The minimum absolute atomic E-state index is 0.151. The van der Waals surface area contributed by atoms with Gasteiger partial charge < -0.3 is 14.5 Å². The molecule has 0 saturated carbocycles. The molecular weight excluding hydrogens is 320 g/mol. The van der Waals surface area contributed by atoms with Gasteiger partial charge in [-0.15, -0.1) is 0 Å². The summed E-state index contributed by atoms with van der Waals surface area (Å²) in [5.74, 6) is 1.55. The van der Waals surface area contributed by atoms with Crippen molar-refractivity contribution in [2.45, 2.75) is 32.2 Å². The van der Waals surface area contributed by atoms with Crippen LogP contribution in [-0.4, -0.2) is 39.1 Å². The number of piperidine rings is 1. The van der Waals surface area contributed by atoms with Crippen LogP contribution in [0.5, 0.6) is 0 Å². The average molecular weight is 342 g/mol. The molecule has 0 unspecified atom stereocenters. The first kappa shape index (κ1) is 15.6. The van der Waals surface area contributed by atoms with Gasteiger partial charge in [0.2, 0.25) is 0 Å². The van der Waals surface area contributed by atoms with E-state index < -0.39 is 0 Å². The van der Waals surface area contributed by atoms with E-state index in [1.54, 1.807) is 0 Å². The predicted molar refractivity (Wildman–Crippen MR) is 97.8 cm³/mol. The zero-order valence-corrected chi connectivity index (χ0v) is 14.7. The molecule has 1 aromatic carbocycles. The van der Waals surface area contributed by atoms with Gasteiger partial charge in [0.15, 0.2) is 0 Å². The molecule has 126 valence electrons. The molecule has 5 nitrogen and oxygen atoms in total. The summed E-state index contributed by atoms with van der Waals surface area (Å²) in [6.07, 6.45) is 2.35. The van der Waals surface area contributed by atoms with Gasteiger partial charge in [-0.2, -0.15) is 0 Å². The number of rotatable bonds is 4. The largest absolute Gasteiger partial charge is 0.342 e. The minimum Gasteiger partial charge on any atom is -0.342 e. The molecule has 1 aliphatic heterocycles. The number of hydrogen-bond acceptors (Lipinski definition) is 4. The molecule has 1 saturated heterocycles. The SMILES string of the molecule is Cc1csc(=O)n1CCN1CCC[C@H](c2nc3ccccc3[nH]2)C1. The van der Waals surface area contributed by atoms with E-state index in [1.165, 1.54) is 24.2 Å². The number of thiazole rings is 1. The Labute approximate surface area is 145 Å². The highest BCUT2D eigenvalue weighted by atomic mass is 32.1. The maximum absolute atomic E-state index is 11.8. The maximum Gasteiger partial charge on any atom is 0.307 e. The molecule has 4 rings (SSSR count). The van der Waals surface area contributed by atoms with E-state index in [2.05, 4.69) is 22.0 Å². The van der Waals surface area contributed by atoms with Crippen molar-refractivity contribution in [2.24, 2.45) is 0 Å². The molecule has 2 aromatic heterocycles. The number of hydrogen-bond donors (Lipinski definition) is 1. The van der Waals surface area contributed by atoms with Crippen molar-refractivity contribution in [3.8, 4) is 0 Å². The van der Waals surface area contributed by atoms with E-state index in [9.17, 15) is 4.79 Å². The van der Waals surface area contributed by atoms with Crippen molar-refractivity contribution in [3.63, 3.8) is 0 Å². The van der Waals surface area contributed by atoms with Crippen LogP contribution in [0.25, 0.3) is 11.0 Å². The van der Waals surface area contributed by atoms with Crippen molar-refractivity contribution >= 4 is 22.4 Å². The Hall–Kier alpha value is -1.92. The van der Waals surface area contributed by atoms with Gasteiger partial charge in [0.25, 0.3) is 0 Å². The predicted octanol–water partition coefficient (Wildman–Crippen LogP) is 2.97. The fourth-order valence-corrected chi connectivity index (χ4v) is 4.32. The maximum atomic E-state index is 11.8. The molecule has 1 N–H and O–H groups in total. The number of imidazole rings is 1. The van der Waals surface area contributed by atoms with E-state index in [-0.39, 0.29) is 4.87 Å². The second-order valence-electron chi connectivity index (χ2n) is 6.57. The lowest BCUT2D eigenvalue weighted by atomic mass is 9.97. The number of aromatic amines is 1. The number of para-hydroxylation sites is 2. The number of aromatic nitrogens is 3. The van der Waals surface area contributed by atoms with Gasteiger partial charge in [0.1, 0.15) is 5.82 Å². The monoisotopic (exact) mass is 342 g/mol. The number of H-pyrrole nitrogens is 1. The lowest BCUT2D eigenvalue weighted by molar-refractivity contribution is 0.197. The van der Waals surface area contributed by atoms with Crippen LogP contribution in [0.15, 0.2) is 34.4 Å². The fourth-order valence-electron chi connectivity index (χ4n) is 3.56. The molecule has 1 atom stereocenters. The number of likely N-dealkylation sites (tertiary alicyclic amines) is 1. The highest BCUT2D eigenvalue weighted by Crippen LogP contribution is 2.26. The van der Waals surface area contributed by atoms with E-state index in [4.69, 9.17) is 4.98 Å². The normalized spacial score (nSPS) is 19.1. The van der Waals surface area contributed by atoms with Crippen molar-refractivity contribution in [1.82, 2.24) is 19.4 Å². The number of aryl methyl sites for hydroxylation is 1. The Bertz CT molecular complexity index is 861. The lowest BCUT2D eigenvalue weighted by Crippen LogP contribution is -2.37. The summed E-state index contributed by atoms with van der Waals surface area (Å²) in [5, 5.41) is 1.94. The summed E-state index contributed by atoms with van der Waals surface area (Å²) in [6.45, 7) is 5.83. The van der Waals surface area contributed by atoms with E-state index in [1.807, 2.05) is 29.0 Å². The van der Waals surface area contributed by atoms with Crippen molar-refractivity contribution in [1.29, 1.82) is 0 Å². The first-order valence-electron chi connectivity index (χ1n) is 8.52. The number of fused-ring (bicyclic) bond motifs is 1. The van der Waals surface area contributed by atoms with Gasteiger partial charge in [-0.1, -0.05) is 23.5 Å². The number of nitrogens with zero attached hydrogens (tertiary/aromatic N) is 3. The molecule has 3 aromatic rings. The van der Waals surface area contributed by atoms with Gasteiger partial charge >= 0.3 is 4.87 Å². The first-order chi connectivity index (χ1) is 11.7. The Kier molecular flexibility index (Phi) is 4.24. The van der Waals surface area contributed by atoms with Crippen LogP contribution in [-0.2, 0) is 6.54 Å². The Morgan fingerprint density at radius 2 is 2.21 bits per heavy atom. The third kappa shape index (κ3) is 3.03. The highest BCUT2D eigenvalue weighted by Gasteiger charge is 2.23. The first-order valence-corrected chi connectivity index (χ1v) is 9.40. The fraction of sp³-hybridized carbons (Fsp3) is 0.444. The van der Waals surface area contributed by atoms with Crippen molar-refractivity contribution < 1.29 is 0 Å².